The number of nitrogens with zero attached hydrogens (tertiary/aromatic N) is 3. The van der Waals surface area contributed by atoms with Gasteiger partial charge in [-0.25, -0.2) is 9.37 Å². The smallest absolute Gasteiger partial charge is 0.242 e. The van der Waals surface area contributed by atoms with Crippen LogP contribution >= 0.6 is 0 Å². The molecule has 0 aliphatic heterocycles. The van der Waals surface area contributed by atoms with Crippen LogP contribution in [0.4, 0.5) is 4.39 Å². The second-order valence-corrected chi connectivity index (χ2v) is 4.94. The zero-order valence-corrected chi connectivity index (χ0v) is 12.2. The minimum absolute atomic E-state index is 0.196. The van der Waals surface area contributed by atoms with Gasteiger partial charge in [-0.15, -0.1) is 0 Å². The molecule has 0 fully saturated rings. The molecule has 1 aromatic heterocycles. The van der Waals surface area contributed by atoms with Crippen molar-refractivity contribution in [2.24, 2.45) is 0 Å². The molecule has 2 aromatic rings. The van der Waals surface area contributed by atoms with Gasteiger partial charge in [-0.1, -0.05) is 18.2 Å². The van der Waals surface area contributed by atoms with Crippen LogP contribution in [0.25, 0.3) is 0 Å². The number of aryl methyl sites for hydroxylation is 1. The lowest BCUT2D eigenvalue weighted by molar-refractivity contribution is -0.126. The van der Waals surface area contributed by atoms with E-state index in [-0.39, 0.29) is 12.5 Å². The van der Waals surface area contributed by atoms with Gasteiger partial charge < -0.3 is 5.32 Å². The van der Waals surface area contributed by atoms with Crippen molar-refractivity contribution in [2.75, 3.05) is 14.1 Å². The van der Waals surface area contributed by atoms with Crippen LogP contribution in [0.3, 0.4) is 0 Å². The predicted molar refractivity (Wildman–Crippen MR) is 75.8 cm³/mol. The SMILES string of the molecule is Cc1nc(CNC(=O)C(c2ccccc2F)N(C)C)n[nH]1. The third-order valence-corrected chi connectivity index (χ3v) is 3.03. The van der Waals surface area contributed by atoms with E-state index >= 15 is 0 Å². The van der Waals surface area contributed by atoms with Gasteiger partial charge in [-0.05, 0) is 27.1 Å². The number of halogens is 1. The molecule has 1 amide bonds. The quantitative estimate of drug-likeness (QED) is 0.867. The Labute approximate surface area is 122 Å². The standard InChI is InChI=1S/C14H18FN5O/c1-9-17-12(19-18-9)8-16-14(21)13(20(2)3)10-6-4-5-7-11(10)15/h4-7,13H,8H2,1-3H3,(H,16,21)(H,17,18,19). The van der Waals surface area contributed by atoms with E-state index in [9.17, 15) is 9.18 Å². The summed E-state index contributed by atoms with van der Waals surface area (Å²) in [6.07, 6.45) is 0. The molecule has 112 valence electrons. The number of aromatic nitrogens is 3. The molecule has 0 spiro atoms. The number of carbonyl (C=O) groups is 1. The molecule has 0 radical (unpaired) electrons. The number of aromatic amines is 1. The zero-order chi connectivity index (χ0) is 15.4. The highest BCUT2D eigenvalue weighted by molar-refractivity contribution is 5.83. The maximum absolute atomic E-state index is 13.9. The van der Waals surface area contributed by atoms with E-state index in [2.05, 4.69) is 20.5 Å². The minimum Gasteiger partial charge on any atom is -0.347 e. The van der Waals surface area contributed by atoms with Gasteiger partial charge in [-0.2, -0.15) is 5.10 Å². The van der Waals surface area contributed by atoms with Crippen molar-refractivity contribution >= 4 is 5.91 Å². The monoisotopic (exact) mass is 291 g/mol. The lowest BCUT2D eigenvalue weighted by atomic mass is 10.0. The molecule has 1 heterocycles. The number of hydrogen-bond acceptors (Lipinski definition) is 4. The summed E-state index contributed by atoms with van der Waals surface area (Å²) in [6, 6.07) is 5.56. The Hall–Kier alpha value is -2.28. The molecular weight excluding hydrogens is 273 g/mol. The Kier molecular flexibility index (Phi) is 4.64. The summed E-state index contributed by atoms with van der Waals surface area (Å²) in [7, 11) is 3.46. The fraction of sp³-hybridized carbons (Fsp3) is 0.357. The van der Waals surface area contributed by atoms with Gasteiger partial charge in [0.05, 0.1) is 6.54 Å². The Bertz CT molecular complexity index is 625. The van der Waals surface area contributed by atoms with Gasteiger partial charge >= 0.3 is 0 Å². The largest absolute Gasteiger partial charge is 0.347 e. The average molecular weight is 291 g/mol. The van der Waals surface area contributed by atoms with Crippen LogP contribution in [0.1, 0.15) is 23.3 Å². The first-order valence-corrected chi connectivity index (χ1v) is 6.55. The lowest BCUT2D eigenvalue weighted by Gasteiger charge is -2.23. The number of benzene rings is 1. The second kappa shape index (κ2) is 6.45. The lowest BCUT2D eigenvalue weighted by Crippen LogP contribution is -2.37. The third kappa shape index (κ3) is 3.63. The summed E-state index contributed by atoms with van der Waals surface area (Å²) in [5.41, 5.74) is 0.339. The van der Waals surface area contributed by atoms with Gasteiger partial charge in [0.2, 0.25) is 5.91 Å². The normalized spacial score (nSPS) is 12.4. The topological polar surface area (TPSA) is 73.9 Å². The van der Waals surface area contributed by atoms with E-state index in [1.54, 1.807) is 44.1 Å². The molecule has 6 nitrogen and oxygen atoms in total. The van der Waals surface area contributed by atoms with E-state index in [4.69, 9.17) is 0 Å². The van der Waals surface area contributed by atoms with Crippen LogP contribution in [0, 0.1) is 12.7 Å². The number of likely N-dealkylation sites (N-methyl/N-ethyl adjacent to an activating group) is 1. The van der Waals surface area contributed by atoms with Gasteiger partial charge in [-0.3, -0.25) is 14.8 Å². The Morgan fingerprint density at radius 1 is 1.43 bits per heavy atom. The Morgan fingerprint density at radius 3 is 2.71 bits per heavy atom. The van der Waals surface area contributed by atoms with Crippen molar-refractivity contribution in [3.05, 3.63) is 47.3 Å². The summed E-state index contributed by atoms with van der Waals surface area (Å²) >= 11 is 0. The number of hydrogen-bond donors (Lipinski definition) is 2. The molecule has 1 atom stereocenters. The summed E-state index contributed by atoms with van der Waals surface area (Å²) in [6.45, 7) is 1.97. The molecule has 2 rings (SSSR count). The van der Waals surface area contributed by atoms with Crippen molar-refractivity contribution in [3.8, 4) is 0 Å². The first kappa shape index (κ1) is 15.1. The second-order valence-electron chi connectivity index (χ2n) is 4.94. The first-order valence-electron chi connectivity index (χ1n) is 6.55. The third-order valence-electron chi connectivity index (χ3n) is 3.03. The Balaban J connectivity index is 2.11. The predicted octanol–water partition coefficient (Wildman–Crippen LogP) is 1.17. The fourth-order valence-corrected chi connectivity index (χ4v) is 2.08. The number of nitrogens with one attached hydrogen (secondary N) is 2. The van der Waals surface area contributed by atoms with E-state index in [0.717, 1.165) is 0 Å². The highest BCUT2D eigenvalue weighted by Gasteiger charge is 2.25. The molecule has 0 bridgehead atoms. The first-order chi connectivity index (χ1) is 9.99. The van der Waals surface area contributed by atoms with Gasteiger partial charge in [0.15, 0.2) is 5.82 Å². The number of amides is 1. The zero-order valence-electron chi connectivity index (χ0n) is 12.2. The van der Waals surface area contributed by atoms with Gasteiger partial charge in [0.1, 0.15) is 17.7 Å². The highest BCUT2D eigenvalue weighted by atomic mass is 19.1. The molecule has 2 N–H and O–H groups in total. The van der Waals surface area contributed by atoms with Crippen LogP contribution in [0.15, 0.2) is 24.3 Å². The average Bonchev–Trinajstić information content (AvgIpc) is 2.84. The van der Waals surface area contributed by atoms with E-state index < -0.39 is 11.9 Å². The molecular formula is C14H18FN5O. The molecule has 0 aliphatic carbocycles. The fourth-order valence-electron chi connectivity index (χ4n) is 2.08. The van der Waals surface area contributed by atoms with E-state index in [1.807, 2.05) is 0 Å². The highest BCUT2D eigenvalue weighted by Crippen LogP contribution is 2.21. The van der Waals surface area contributed by atoms with Gasteiger partial charge in [0.25, 0.3) is 0 Å². The number of H-pyrrole nitrogens is 1. The van der Waals surface area contributed by atoms with Crippen molar-refractivity contribution in [1.82, 2.24) is 25.4 Å². The van der Waals surface area contributed by atoms with E-state index in [1.165, 1.54) is 6.07 Å². The van der Waals surface area contributed by atoms with Crippen molar-refractivity contribution in [3.63, 3.8) is 0 Å². The molecule has 0 saturated heterocycles. The van der Waals surface area contributed by atoms with Gasteiger partial charge in [0, 0.05) is 5.56 Å². The molecule has 21 heavy (non-hydrogen) atoms. The van der Waals surface area contributed by atoms with Crippen molar-refractivity contribution < 1.29 is 9.18 Å². The summed E-state index contributed by atoms with van der Waals surface area (Å²) < 4.78 is 13.9. The van der Waals surface area contributed by atoms with Crippen LogP contribution in [-0.4, -0.2) is 40.1 Å². The molecule has 7 heteroatoms. The molecule has 0 aliphatic rings. The summed E-state index contributed by atoms with van der Waals surface area (Å²) in [5, 5.41) is 9.37. The van der Waals surface area contributed by atoms with Crippen molar-refractivity contribution in [2.45, 2.75) is 19.5 Å². The Morgan fingerprint density at radius 2 is 2.14 bits per heavy atom. The maximum Gasteiger partial charge on any atom is 0.242 e. The molecule has 1 unspecified atom stereocenters. The maximum atomic E-state index is 13.9. The summed E-state index contributed by atoms with van der Waals surface area (Å²) in [4.78, 5) is 18.1. The molecule has 0 saturated carbocycles. The van der Waals surface area contributed by atoms with Crippen LogP contribution in [0.2, 0.25) is 0 Å². The van der Waals surface area contributed by atoms with Crippen LogP contribution in [0.5, 0.6) is 0 Å². The number of carbonyl (C=O) groups excluding carboxylic acids is 1. The minimum atomic E-state index is -0.703. The van der Waals surface area contributed by atoms with E-state index in [0.29, 0.717) is 17.2 Å². The van der Waals surface area contributed by atoms with Crippen LogP contribution < -0.4 is 5.32 Å². The summed E-state index contributed by atoms with van der Waals surface area (Å²) in [5.74, 6) is 0.469. The van der Waals surface area contributed by atoms with Crippen molar-refractivity contribution in [1.29, 1.82) is 0 Å². The van der Waals surface area contributed by atoms with Crippen LogP contribution in [-0.2, 0) is 11.3 Å². The molecule has 1 aromatic carbocycles. The number of rotatable bonds is 5.